The minimum Gasteiger partial charge on any atom is -0.481 e. The number of carboxylic acid groups (broad SMARTS) is 1. The zero-order chi connectivity index (χ0) is 19.0. The molecule has 0 aliphatic carbocycles. The molecule has 0 bridgehead atoms. The third-order valence-corrected chi connectivity index (χ3v) is 5.46. The number of aromatic amines is 1. The van der Waals surface area contributed by atoms with Crippen molar-refractivity contribution in [3.8, 4) is 0 Å². The van der Waals surface area contributed by atoms with Crippen molar-refractivity contribution in [2.45, 2.75) is 26.2 Å². The van der Waals surface area contributed by atoms with Crippen LogP contribution in [-0.2, 0) is 11.2 Å². The van der Waals surface area contributed by atoms with Crippen molar-refractivity contribution in [2.24, 2.45) is 5.92 Å². The minimum atomic E-state index is -0.771. The number of carboxylic acids is 1. The van der Waals surface area contributed by atoms with Crippen LogP contribution in [0.1, 0.15) is 25.3 Å². The lowest BCUT2D eigenvalue weighted by Crippen LogP contribution is -2.42. The fourth-order valence-electron chi connectivity index (χ4n) is 3.91. The van der Waals surface area contributed by atoms with Gasteiger partial charge in [0.25, 0.3) is 0 Å². The first-order valence-corrected chi connectivity index (χ1v) is 9.39. The number of aliphatic carboxylic acids is 1. The second-order valence-electron chi connectivity index (χ2n) is 7.11. The number of H-pyrrole nitrogens is 1. The van der Waals surface area contributed by atoms with Gasteiger partial charge in [-0.05, 0) is 43.0 Å². The Morgan fingerprint density at radius 3 is 2.63 bits per heavy atom. The molecule has 1 aliphatic rings. The number of carbonyl (C=O) groups excluding carboxylic acids is 1. The molecular formula is C21H23N3O3. The van der Waals surface area contributed by atoms with Gasteiger partial charge in [0.05, 0.1) is 5.92 Å². The summed E-state index contributed by atoms with van der Waals surface area (Å²) in [6.45, 7) is 3.04. The fraction of sp³-hybridized carbons (Fsp3) is 0.333. The number of fused-ring (bicyclic) bond motifs is 3. The number of carbonyl (C=O) groups is 2. The summed E-state index contributed by atoms with van der Waals surface area (Å²) < 4.78 is 0. The highest BCUT2D eigenvalue weighted by Gasteiger charge is 2.27. The van der Waals surface area contributed by atoms with Crippen LogP contribution in [-0.4, -0.2) is 40.1 Å². The molecule has 1 fully saturated rings. The molecule has 2 aromatic carbocycles. The number of benzene rings is 2. The second-order valence-corrected chi connectivity index (χ2v) is 7.11. The average molecular weight is 365 g/mol. The highest BCUT2D eigenvalue weighted by molar-refractivity contribution is 6.10. The van der Waals surface area contributed by atoms with Crippen LogP contribution in [0.4, 0.5) is 10.5 Å². The Balaban J connectivity index is 1.59. The third kappa shape index (κ3) is 3.23. The number of urea groups is 1. The number of rotatable bonds is 3. The van der Waals surface area contributed by atoms with Gasteiger partial charge >= 0.3 is 12.0 Å². The van der Waals surface area contributed by atoms with Gasteiger partial charge in [-0.25, -0.2) is 4.79 Å². The molecule has 6 heteroatoms. The Morgan fingerprint density at radius 1 is 1.19 bits per heavy atom. The van der Waals surface area contributed by atoms with Crippen LogP contribution in [0.15, 0.2) is 36.4 Å². The molecule has 2 heterocycles. The monoisotopic (exact) mass is 365 g/mol. The summed E-state index contributed by atoms with van der Waals surface area (Å²) in [5, 5.41) is 14.3. The molecule has 1 saturated heterocycles. The number of piperidine rings is 1. The molecule has 1 aliphatic heterocycles. The Hall–Kier alpha value is -3.02. The lowest BCUT2D eigenvalue weighted by atomic mass is 9.97. The number of anilines is 1. The number of amides is 2. The molecule has 0 spiro atoms. The first kappa shape index (κ1) is 17.4. The van der Waals surface area contributed by atoms with Crippen molar-refractivity contribution in [3.63, 3.8) is 0 Å². The normalized spacial score (nSPS) is 15.4. The van der Waals surface area contributed by atoms with E-state index in [-0.39, 0.29) is 11.9 Å². The third-order valence-electron chi connectivity index (χ3n) is 5.46. The molecule has 3 aromatic rings. The van der Waals surface area contributed by atoms with Gasteiger partial charge in [-0.2, -0.15) is 0 Å². The van der Waals surface area contributed by atoms with Crippen LogP contribution in [0.2, 0.25) is 0 Å². The molecule has 0 radical (unpaired) electrons. The molecule has 27 heavy (non-hydrogen) atoms. The quantitative estimate of drug-likeness (QED) is 0.650. The Kier molecular flexibility index (Phi) is 4.48. The number of nitrogens with zero attached hydrogens (tertiary/aromatic N) is 1. The number of nitrogens with one attached hydrogen (secondary N) is 2. The summed E-state index contributed by atoms with van der Waals surface area (Å²) in [7, 11) is 0. The van der Waals surface area contributed by atoms with Crippen LogP contribution in [0.25, 0.3) is 21.8 Å². The standard InChI is InChI=1S/C21H23N3O3/c1-2-13-11-15(12-17-16-5-3-4-6-18(16)23-19(13)17)22-21(27)24-9-7-14(8-10-24)20(25)26/h3-6,11-12,14,23H,2,7-10H2,1H3,(H,22,27)(H,25,26). The molecule has 1 aromatic heterocycles. The topological polar surface area (TPSA) is 85.4 Å². The number of para-hydroxylation sites is 1. The van der Waals surface area contributed by atoms with Crippen LogP contribution >= 0.6 is 0 Å². The van der Waals surface area contributed by atoms with Crippen molar-refractivity contribution in [1.82, 2.24) is 9.88 Å². The number of hydrogen-bond acceptors (Lipinski definition) is 2. The highest BCUT2D eigenvalue weighted by Crippen LogP contribution is 2.31. The Bertz CT molecular complexity index is 1020. The van der Waals surface area contributed by atoms with E-state index in [4.69, 9.17) is 5.11 Å². The van der Waals surface area contributed by atoms with E-state index in [1.807, 2.05) is 24.3 Å². The van der Waals surface area contributed by atoms with E-state index < -0.39 is 5.97 Å². The Morgan fingerprint density at radius 2 is 1.93 bits per heavy atom. The SMILES string of the molecule is CCc1cc(NC(=O)N2CCC(C(=O)O)CC2)cc2c1[nH]c1ccccc12. The maximum atomic E-state index is 12.6. The zero-order valence-electron chi connectivity index (χ0n) is 15.3. The summed E-state index contributed by atoms with van der Waals surface area (Å²) in [6, 6.07) is 12.0. The number of hydrogen-bond donors (Lipinski definition) is 3. The lowest BCUT2D eigenvalue weighted by molar-refractivity contribution is -0.143. The van der Waals surface area contributed by atoms with E-state index in [0.29, 0.717) is 25.9 Å². The molecule has 6 nitrogen and oxygen atoms in total. The van der Waals surface area contributed by atoms with Crippen molar-refractivity contribution < 1.29 is 14.7 Å². The number of aromatic nitrogens is 1. The predicted molar refractivity (Wildman–Crippen MR) is 106 cm³/mol. The van der Waals surface area contributed by atoms with Gasteiger partial charge in [0.15, 0.2) is 0 Å². The second kappa shape index (κ2) is 6.95. The summed E-state index contributed by atoms with van der Waals surface area (Å²) in [6.07, 6.45) is 1.87. The van der Waals surface area contributed by atoms with Crippen LogP contribution in [0, 0.1) is 5.92 Å². The van der Waals surface area contributed by atoms with E-state index in [1.165, 1.54) is 0 Å². The number of likely N-dealkylation sites (tertiary alicyclic amines) is 1. The van der Waals surface area contributed by atoms with Gasteiger partial charge < -0.3 is 20.3 Å². The number of aryl methyl sites for hydroxylation is 1. The van der Waals surface area contributed by atoms with E-state index in [0.717, 1.165) is 39.5 Å². The summed E-state index contributed by atoms with van der Waals surface area (Å²) in [5.41, 5.74) is 4.12. The van der Waals surface area contributed by atoms with Crippen molar-refractivity contribution >= 4 is 39.5 Å². The van der Waals surface area contributed by atoms with Crippen LogP contribution in [0.5, 0.6) is 0 Å². The van der Waals surface area contributed by atoms with Crippen molar-refractivity contribution in [2.75, 3.05) is 18.4 Å². The molecular weight excluding hydrogens is 342 g/mol. The smallest absolute Gasteiger partial charge is 0.321 e. The molecule has 4 rings (SSSR count). The van der Waals surface area contributed by atoms with Gasteiger partial charge in [0.1, 0.15) is 0 Å². The fourth-order valence-corrected chi connectivity index (χ4v) is 3.91. The first-order valence-electron chi connectivity index (χ1n) is 9.39. The van der Waals surface area contributed by atoms with Gasteiger partial charge in [-0.1, -0.05) is 25.1 Å². The zero-order valence-corrected chi connectivity index (χ0v) is 15.3. The van der Waals surface area contributed by atoms with E-state index >= 15 is 0 Å². The van der Waals surface area contributed by atoms with Crippen molar-refractivity contribution in [1.29, 1.82) is 0 Å². The summed E-state index contributed by atoms with van der Waals surface area (Å²) >= 11 is 0. The molecule has 0 atom stereocenters. The van der Waals surface area contributed by atoms with Crippen LogP contribution < -0.4 is 5.32 Å². The van der Waals surface area contributed by atoms with Gasteiger partial charge in [0, 0.05) is 40.6 Å². The molecule has 2 amide bonds. The van der Waals surface area contributed by atoms with E-state index in [9.17, 15) is 9.59 Å². The highest BCUT2D eigenvalue weighted by atomic mass is 16.4. The summed E-state index contributed by atoms with van der Waals surface area (Å²) in [5.74, 6) is -1.12. The van der Waals surface area contributed by atoms with Gasteiger partial charge in [0.2, 0.25) is 0 Å². The predicted octanol–water partition coefficient (Wildman–Crippen LogP) is 4.21. The van der Waals surface area contributed by atoms with Crippen LogP contribution in [0.3, 0.4) is 0 Å². The van der Waals surface area contributed by atoms with Gasteiger partial charge in [-0.3, -0.25) is 4.79 Å². The largest absolute Gasteiger partial charge is 0.481 e. The molecule has 3 N–H and O–H groups in total. The average Bonchev–Trinajstić information content (AvgIpc) is 3.06. The van der Waals surface area contributed by atoms with E-state index in [1.54, 1.807) is 4.90 Å². The minimum absolute atomic E-state index is 0.167. The molecule has 140 valence electrons. The Labute approximate surface area is 157 Å². The molecule has 0 unspecified atom stereocenters. The van der Waals surface area contributed by atoms with E-state index in [2.05, 4.69) is 29.4 Å². The lowest BCUT2D eigenvalue weighted by Gasteiger charge is -2.30. The first-order chi connectivity index (χ1) is 13.1. The maximum absolute atomic E-state index is 12.6. The molecule has 0 saturated carbocycles. The van der Waals surface area contributed by atoms with Gasteiger partial charge in [-0.15, -0.1) is 0 Å². The maximum Gasteiger partial charge on any atom is 0.321 e. The summed E-state index contributed by atoms with van der Waals surface area (Å²) in [4.78, 5) is 28.9. The van der Waals surface area contributed by atoms with Crippen molar-refractivity contribution in [3.05, 3.63) is 42.0 Å².